The second-order valence-corrected chi connectivity index (χ2v) is 4.29. The number of carbonyl (C=O) groups excluding carboxylic acids is 1. The molecule has 0 aromatic heterocycles. The molecular formula is C13H17NO2. The van der Waals surface area contributed by atoms with Crippen LogP contribution in [0.1, 0.15) is 18.1 Å². The highest BCUT2D eigenvalue weighted by molar-refractivity contribution is 5.75. The van der Waals surface area contributed by atoms with E-state index in [1.807, 2.05) is 6.92 Å². The van der Waals surface area contributed by atoms with Gasteiger partial charge in [-0.2, -0.15) is 0 Å². The molecule has 1 aromatic carbocycles. The predicted octanol–water partition coefficient (Wildman–Crippen LogP) is 1.30. The maximum atomic E-state index is 11.3. The Morgan fingerprint density at radius 2 is 1.94 bits per heavy atom. The third-order valence-electron chi connectivity index (χ3n) is 3.09. The summed E-state index contributed by atoms with van der Waals surface area (Å²) in [4.78, 5) is 11.3. The van der Waals surface area contributed by atoms with Crippen molar-refractivity contribution in [3.63, 3.8) is 0 Å². The van der Waals surface area contributed by atoms with Crippen LogP contribution < -0.4 is 5.32 Å². The third-order valence-corrected chi connectivity index (χ3v) is 3.09. The lowest BCUT2D eigenvalue weighted by atomic mass is 10.1. The molecule has 2 rings (SSSR count). The average molecular weight is 219 g/mol. The lowest BCUT2D eigenvalue weighted by Gasteiger charge is -2.16. The Bertz CT molecular complexity index is 364. The maximum Gasteiger partial charge on any atom is 0.322 e. The standard InChI is InChI=1S/C13H17NO2/c1-9(13(15)16-2)14-12-7-10-5-3-4-6-11(10)8-12/h3-6,9,12,14H,7-8H2,1-2H3. The Balaban J connectivity index is 1.94. The minimum atomic E-state index is -0.232. The average Bonchev–Trinajstić information content (AvgIpc) is 2.69. The van der Waals surface area contributed by atoms with Crippen molar-refractivity contribution in [1.82, 2.24) is 5.32 Å². The first kappa shape index (κ1) is 11.1. The highest BCUT2D eigenvalue weighted by Gasteiger charge is 2.24. The van der Waals surface area contributed by atoms with E-state index < -0.39 is 0 Å². The second kappa shape index (κ2) is 4.66. The molecule has 0 aliphatic heterocycles. The quantitative estimate of drug-likeness (QED) is 0.779. The molecule has 1 aliphatic rings. The fourth-order valence-electron chi connectivity index (χ4n) is 2.28. The van der Waals surface area contributed by atoms with Gasteiger partial charge in [0.25, 0.3) is 0 Å². The molecule has 0 saturated heterocycles. The summed E-state index contributed by atoms with van der Waals surface area (Å²) in [7, 11) is 1.42. The van der Waals surface area contributed by atoms with Gasteiger partial charge in [-0.1, -0.05) is 24.3 Å². The van der Waals surface area contributed by atoms with Crippen LogP contribution in [0.2, 0.25) is 0 Å². The molecule has 0 heterocycles. The fourth-order valence-corrected chi connectivity index (χ4v) is 2.28. The van der Waals surface area contributed by atoms with Crippen molar-refractivity contribution in [2.45, 2.75) is 31.8 Å². The molecule has 1 aliphatic carbocycles. The Kier molecular flexibility index (Phi) is 3.25. The van der Waals surface area contributed by atoms with Crippen molar-refractivity contribution >= 4 is 5.97 Å². The minimum Gasteiger partial charge on any atom is -0.468 e. The monoisotopic (exact) mass is 219 g/mol. The number of rotatable bonds is 3. The van der Waals surface area contributed by atoms with Gasteiger partial charge < -0.3 is 10.1 Å². The van der Waals surface area contributed by atoms with Crippen LogP contribution in [0.25, 0.3) is 0 Å². The molecule has 1 N–H and O–H groups in total. The summed E-state index contributed by atoms with van der Waals surface area (Å²) in [6, 6.07) is 8.55. The number of ether oxygens (including phenoxy) is 1. The van der Waals surface area contributed by atoms with E-state index in [4.69, 9.17) is 4.74 Å². The predicted molar refractivity (Wildman–Crippen MR) is 62.3 cm³/mol. The summed E-state index contributed by atoms with van der Waals surface area (Å²) in [5, 5.41) is 3.30. The van der Waals surface area contributed by atoms with Crippen molar-refractivity contribution in [1.29, 1.82) is 0 Å². The number of hydrogen-bond donors (Lipinski definition) is 1. The van der Waals surface area contributed by atoms with E-state index in [1.165, 1.54) is 18.2 Å². The van der Waals surface area contributed by atoms with Crippen LogP contribution >= 0.6 is 0 Å². The molecule has 1 atom stereocenters. The minimum absolute atomic E-state index is 0.198. The summed E-state index contributed by atoms with van der Waals surface area (Å²) in [6.45, 7) is 1.84. The van der Waals surface area contributed by atoms with Gasteiger partial charge in [0.1, 0.15) is 6.04 Å². The first-order valence-electron chi connectivity index (χ1n) is 5.61. The first-order valence-corrected chi connectivity index (χ1v) is 5.61. The lowest BCUT2D eigenvalue weighted by Crippen LogP contribution is -2.42. The van der Waals surface area contributed by atoms with Gasteiger partial charge in [-0.25, -0.2) is 0 Å². The molecule has 16 heavy (non-hydrogen) atoms. The van der Waals surface area contributed by atoms with Crippen LogP contribution in [0.4, 0.5) is 0 Å². The maximum absolute atomic E-state index is 11.3. The number of hydrogen-bond acceptors (Lipinski definition) is 3. The van der Waals surface area contributed by atoms with Gasteiger partial charge in [-0.05, 0) is 30.9 Å². The van der Waals surface area contributed by atoms with E-state index in [2.05, 4.69) is 29.6 Å². The van der Waals surface area contributed by atoms with Crippen LogP contribution in [-0.4, -0.2) is 25.2 Å². The highest BCUT2D eigenvalue weighted by Crippen LogP contribution is 2.21. The SMILES string of the molecule is COC(=O)C(C)NC1Cc2ccccc2C1. The fraction of sp³-hybridized carbons (Fsp3) is 0.462. The van der Waals surface area contributed by atoms with Crippen molar-refractivity contribution in [2.75, 3.05) is 7.11 Å². The van der Waals surface area contributed by atoms with Gasteiger partial charge in [-0.3, -0.25) is 4.79 Å². The largest absolute Gasteiger partial charge is 0.468 e. The van der Waals surface area contributed by atoms with Gasteiger partial charge in [0.2, 0.25) is 0 Å². The van der Waals surface area contributed by atoms with Gasteiger partial charge in [-0.15, -0.1) is 0 Å². The number of carbonyl (C=O) groups is 1. The van der Waals surface area contributed by atoms with E-state index in [9.17, 15) is 4.79 Å². The zero-order valence-corrected chi connectivity index (χ0v) is 9.69. The van der Waals surface area contributed by atoms with E-state index in [-0.39, 0.29) is 12.0 Å². The Morgan fingerprint density at radius 3 is 2.44 bits per heavy atom. The van der Waals surface area contributed by atoms with Gasteiger partial charge in [0.05, 0.1) is 7.11 Å². The summed E-state index contributed by atoms with van der Waals surface area (Å²) >= 11 is 0. The summed E-state index contributed by atoms with van der Waals surface area (Å²) in [5.74, 6) is -0.198. The molecule has 0 fully saturated rings. The van der Waals surface area contributed by atoms with Crippen molar-refractivity contribution in [2.24, 2.45) is 0 Å². The van der Waals surface area contributed by atoms with Crippen molar-refractivity contribution in [3.05, 3.63) is 35.4 Å². The summed E-state index contributed by atoms with van der Waals surface area (Å²) in [6.07, 6.45) is 2.00. The zero-order valence-electron chi connectivity index (χ0n) is 9.69. The lowest BCUT2D eigenvalue weighted by molar-refractivity contribution is -0.142. The summed E-state index contributed by atoms with van der Waals surface area (Å²) < 4.78 is 4.70. The van der Waals surface area contributed by atoms with Crippen molar-refractivity contribution in [3.8, 4) is 0 Å². The van der Waals surface area contributed by atoms with Crippen LogP contribution in [0.15, 0.2) is 24.3 Å². The van der Waals surface area contributed by atoms with Crippen LogP contribution in [0, 0.1) is 0 Å². The number of benzene rings is 1. The molecule has 0 bridgehead atoms. The van der Waals surface area contributed by atoms with Crippen molar-refractivity contribution < 1.29 is 9.53 Å². The van der Waals surface area contributed by atoms with E-state index in [0.717, 1.165) is 12.8 Å². The normalized spacial score (nSPS) is 16.9. The molecule has 86 valence electrons. The molecule has 0 spiro atoms. The number of esters is 1. The Morgan fingerprint density at radius 1 is 1.38 bits per heavy atom. The molecule has 0 saturated carbocycles. The third kappa shape index (κ3) is 2.25. The Labute approximate surface area is 95.8 Å². The molecular weight excluding hydrogens is 202 g/mol. The van der Waals surface area contributed by atoms with Gasteiger partial charge in [0, 0.05) is 6.04 Å². The zero-order chi connectivity index (χ0) is 11.5. The summed E-state index contributed by atoms with van der Waals surface area (Å²) in [5.41, 5.74) is 2.77. The first-order chi connectivity index (χ1) is 7.70. The smallest absolute Gasteiger partial charge is 0.322 e. The second-order valence-electron chi connectivity index (χ2n) is 4.29. The van der Waals surface area contributed by atoms with E-state index in [0.29, 0.717) is 6.04 Å². The van der Waals surface area contributed by atoms with Crippen LogP contribution in [0.3, 0.4) is 0 Å². The van der Waals surface area contributed by atoms with Gasteiger partial charge in [0.15, 0.2) is 0 Å². The van der Waals surface area contributed by atoms with E-state index >= 15 is 0 Å². The number of nitrogens with one attached hydrogen (secondary N) is 1. The Hall–Kier alpha value is -1.35. The number of fused-ring (bicyclic) bond motifs is 1. The number of methoxy groups -OCH3 is 1. The molecule has 1 unspecified atom stereocenters. The van der Waals surface area contributed by atoms with Crippen LogP contribution in [-0.2, 0) is 22.4 Å². The molecule has 1 aromatic rings. The highest BCUT2D eigenvalue weighted by atomic mass is 16.5. The molecule has 3 heteroatoms. The molecule has 0 radical (unpaired) electrons. The van der Waals surface area contributed by atoms with E-state index in [1.54, 1.807) is 0 Å². The van der Waals surface area contributed by atoms with Gasteiger partial charge >= 0.3 is 5.97 Å². The molecule has 3 nitrogen and oxygen atoms in total. The molecule has 0 amide bonds. The topological polar surface area (TPSA) is 38.3 Å². The van der Waals surface area contributed by atoms with Crippen LogP contribution in [0.5, 0.6) is 0 Å².